The molecular formula is C57H72I3N3+6. The van der Waals surface area contributed by atoms with E-state index in [2.05, 4.69) is 253 Å². The number of benzene rings is 6. The van der Waals surface area contributed by atoms with Gasteiger partial charge in [0.15, 0.2) is 21.4 Å². The van der Waals surface area contributed by atoms with Gasteiger partial charge in [-0.3, -0.25) is 0 Å². The van der Waals surface area contributed by atoms with E-state index in [0.29, 0.717) is 5.92 Å². The van der Waals surface area contributed by atoms with Crippen molar-refractivity contribution in [3.05, 3.63) is 216 Å². The zero-order chi connectivity index (χ0) is 47.1. The Hall–Kier alpha value is -4.02. The fourth-order valence-electron chi connectivity index (χ4n) is 4.87. The normalized spacial score (nSPS) is 9.78. The molecule has 6 rings (SSSR count). The van der Waals surface area contributed by atoms with E-state index < -0.39 is 0 Å². The monoisotopic (exact) mass is 1180 g/mol. The summed E-state index contributed by atoms with van der Waals surface area (Å²) in [5.74, 6) is 0.627. The van der Waals surface area contributed by atoms with Crippen molar-refractivity contribution in [2.24, 2.45) is 0 Å². The number of hydrogen-bond acceptors (Lipinski definition) is 0. The van der Waals surface area contributed by atoms with Gasteiger partial charge < -0.3 is 0 Å². The molecule has 0 heterocycles. The smallest absolute Gasteiger partial charge is 0.0873 e. The Morgan fingerprint density at radius 1 is 0.381 bits per heavy atom. The summed E-state index contributed by atoms with van der Waals surface area (Å²) in [4.78, 5) is 10.5. The minimum absolute atomic E-state index is 0.0167. The topological polar surface area (TPSA) is 13.1 Å². The molecule has 3 nitrogen and oxygen atoms in total. The number of halogens is 3. The summed E-state index contributed by atoms with van der Waals surface area (Å²) in [5.41, 5.74) is 6.09. The number of hydrogen-bond donors (Lipinski definition) is 0. The van der Waals surface area contributed by atoms with E-state index in [0.717, 1.165) is 0 Å². The minimum atomic E-state index is -0.0703. The third-order valence-corrected chi connectivity index (χ3v) is 16.8. The lowest BCUT2D eigenvalue weighted by Gasteiger charge is -2.18. The first-order valence-electron chi connectivity index (χ1n) is 21.2. The van der Waals surface area contributed by atoms with Gasteiger partial charge in [-0.1, -0.05) is 160 Å². The summed E-state index contributed by atoms with van der Waals surface area (Å²) >= 11 is -0.0583. The summed E-state index contributed by atoms with van der Waals surface area (Å²) in [5, 5.41) is 0. The standard InChI is InChI=1S/C20H26I.C16H18I.C12H10I.3C3H6N/c1-19(2,3)15-7-11-17(12-8-15)21-18-13-9-16(10-14-18)20(4,5)6;1-12(2)14-6-10-16(11-7-14)17-15-8-4-13(3)5-9-15;1-3-7-11(8-4-1)13-12-9-5-2-6-10-12;3*1-3-4-2/h7-14H,1-6H3;4-12H,1-3H3;1-10H;3*1-2H3/q6*+1. The van der Waals surface area contributed by atoms with Gasteiger partial charge in [0.2, 0.25) is 0 Å². The number of aryl methyl sites for hydroxylation is 1. The molecule has 63 heavy (non-hydrogen) atoms. The highest BCUT2D eigenvalue weighted by Gasteiger charge is 2.20. The Kier molecular flexibility index (Phi) is 29.5. The molecule has 0 N–H and O–H groups in total. The van der Waals surface area contributed by atoms with Crippen molar-refractivity contribution in [2.45, 2.75) is 99.8 Å². The van der Waals surface area contributed by atoms with Crippen LogP contribution in [0.3, 0.4) is 0 Å². The van der Waals surface area contributed by atoms with Crippen LogP contribution in [-0.2, 0) is 10.8 Å². The molecule has 0 aliphatic rings. The van der Waals surface area contributed by atoms with Gasteiger partial charge in [0.05, 0.1) is 20.8 Å². The third kappa shape index (κ3) is 26.4. The van der Waals surface area contributed by atoms with Crippen LogP contribution in [0.5, 0.6) is 0 Å². The predicted molar refractivity (Wildman–Crippen MR) is 264 cm³/mol. The van der Waals surface area contributed by atoms with Crippen LogP contribution in [0.15, 0.2) is 158 Å². The Labute approximate surface area is 414 Å². The Bertz CT molecular complexity index is 2140. The third-order valence-electron chi connectivity index (χ3n) is 8.76. The fourth-order valence-corrected chi connectivity index (χ4v) is 11.4. The maximum Gasteiger partial charge on any atom is 0.357 e. The molecule has 0 saturated heterocycles. The van der Waals surface area contributed by atoms with Crippen LogP contribution >= 0.6 is 0 Å². The highest BCUT2D eigenvalue weighted by Crippen LogP contribution is 2.22. The summed E-state index contributed by atoms with van der Waals surface area (Å²) in [6, 6.07) is 65.5. The average molecular weight is 1180 g/mol. The Morgan fingerprint density at radius 2 is 0.619 bits per heavy atom. The average Bonchev–Trinajstić information content (AvgIpc) is 3.28. The molecule has 0 aliphatic heterocycles. The molecule has 0 spiro atoms. The summed E-state index contributed by atoms with van der Waals surface area (Å²) in [6.45, 7) is 25.5. The number of nitrogens with zero attached hydrogens (tertiary/aromatic N) is 3. The summed E-state index contributed by atoms with van der Waals surface area (Å²) in [6.07, 6.45) is 0. The molecule has 0 saturated carbocycles. The van der Waals surface area contributed by atoms with Crippen molar-refractivity contribution >= 4 is 0 Å². The molecule has 0 radical (unpaired) electrons. The second kappa shape index (κ2) is 32.6. The Morgan fingerprint density at radius 3 is 0.857 bits per heavy atom. The van der Waals surface area contributed by atoms with Gasteiger partial charge in [0, 0.05) is 0 Å². The van der Waals surface area contributed by atoms with Crippen LogP contribution in [0.4, 0.5) is 0 Å². The Balaban J connectivity index is 0.000000425. The summed E-state index contributed by atoms with van der Waals surface area (Å²) in [7, 11) is 5.08. The first kappa shape index (κ1) is 57.0. The van der Waals surface area contributed by atoms with E-state index in [1.54, 1.807) is 41.9 Å². The van der Waals surface area contributed by atoms with E-state index in [-0.39, 0.29) is 74.4 Å². The first-order valence-corrected chi connectivity index (χ1v) is 27.7. The van der Waals surface area contributed by atoms with E-state index in [1.807, 2.05) is 0 Å². The van der Waals surface area contributed by atoms with Gasteiger partial charge in [0.25, 0.3) is 39.4 Å². The van der Waals surface area contributed by atoms with E-state index in [1.165, 1.54) is 43.7 Å². The van der Waals surface area contributed by atoms with Gasteiger partial charge in [-0.15, -0.1) is 0 Å². The molecule has 0 amide bonds. The van der Waals surface area contributed by atoms with E-state index in [9.17, 15) is 0 Å². The highest BCUT2D eigenvalue weighted by molar-refractivity contribution is 5.24. The number of rotatable bonds is 7. The van der Waals surface area contributed by atoms with Crippen molar-refractivity contribution < 1.29 is 63.6 Å². The molecule has 6 aromatic carbocycles. The van der Waals surface area contributed by atoms with Gasteiger partial charge in [-0.25, -0.2) is 0 Å². The largest absolute Gasteiger partial charge is 0.357 e. The second-order valence-corrected chi connectivity index (χ2v) is 25.3. The van der Waals surface area contributed by atoms with Crippen molar-refractivity contribution in [1.82, 2.24) is 0 Å². The highest BCUT2D eigenvalue weighted by atomic mass is 127. The van der Waals surface area contributed by atoms with Crippen molar-refractivity contribution in [3.63, 3.8) is 0 Å². The maximum absolute atomic E-state index is 3.49. The fraction of sp³-hybridized carbons (Fsp3) is 0.316. The molecule has 6 aromatic rings. The molecule has 0 atom stereocenters. The molecule has 0 aliphatic carbocycles. The minimum Gasteiger partial charge on any atom is -0.0873 e. The van der Waals surface area contributed by atoms with Crippen LogP contribution in [0.2, 0.25) is 0 Å². The van der Waals surface area contributed by atoms with Crippen LogP contribution < -0.4 is 63.6 Å². The van der Waals surface area contributed by atoms with Gasteiger partial charge in [0.1, 0.15) is 0 Å². The van der Waals surface area contributed by atoms with Crippen LogP contribution in [0.1, 0.15) is 104 Å². The van der Waals surface area contributed by atoms with Crippen molar-refractivity contribution in [2.75, 3.05) is 21.1 Å². The second-order valence-electron chi connectivity index (χ2n) is 16.2. The molecule has 0 fully saturated rings. The van der Waals surface area contributed by atoms with Crippen molar-refractivity contribution in [1.29, 1.82) is 0 Å². The lowest BCUT2D eigenvalue weighted by Crippen LogP contribution is -3.61. The van der Waals surface area contributed by atoms with Crippen LogP contribution in [0.25, 0.3) is 14.5 Å². The van der Waals surface area contributed by atoms with Crippen molar-refractivity contribution in [3.8, 4) is 18.2 Å². The molecule has 0 unspecified atom stereocenters. The molecular weight excluding hydrogens is 1110 g/mol. The first-order chi connectivity index (χ1) is 30.0. The SMILES string of the molecule is CC#[N+]C.CC#[N+]C.CC#[N+]C.CC(C)(C)c1ccc([I+]c2ccc(C(C)(C)C)cc2)cc1.Cc1ccc([I+]c2ccc(C(C)C)cc2)cc1.c1ccc([I+]c2ccccc2)cc1. The molecule has 0 bridgehead atoms. The zero-order valence-corrected chi connectivity index (χ0v) is 47.0. The van der Waals surface area contributed by atoms with E-state index >= 15 is 0 Å². The van der Waals surface area contributed by atoms with Gasteiger partial charge in [-0.05, 0) is 113 Å². The van der Waals surface area contributed by atoms with Gasteiger partial charge in [-0.2, -0.15) is 0 Å². The maximum atomic E-state index is 3.49. The molecule has 6 heteroatoms. The quantitative estimate of drug-likeness (QED) is 0.165. The van der Waals surface area contributed by atoms with E-state index in [4.69, 9.17) is 0 Å². The van der Waals surface area contributed by atoms with Gasteiger partial charge >= 0.3 is 63.6 Å². The van der Waals surface area contributed by atoms with Crippen LogP contribution in [-0.4, -0.2) is 21.1 Å². The van der Waals surface area contributed by atoms with Crippen LogP contribution in [0, 0.1) is 46.6 Å². The lowest BCUT2D eigenvalue weighted by atomic mass is 9.87. The predicted octanol–water partition coefficient (Wildman–Crippen LogP) is 6.38. The summed E-state index contributed by atoms with van der Waals surface area (Å²) < 4.78 is 8.93. The zero-order valence-electron chi connectivity index (χ0n) is 40.6. The molecule has 0 aromatic heterocycles. The lowest BCUT2D eigenvalue weighted by molar-refractivity contribution is -0.597. The molecule has 330 valence electrons.